The van der Waals surface area contributed by atoms with Crippen LogP contribution in [-0.2, 0) is 19.5 Å². The fraction of sp³-hybridized carbons (Fsp3) is 0.500. The van der Waals surface area contributed by atoms with Gasteiger partial charge in [0, 0.05) is 45.5 Å². The van der Waals surface area contributed by atoms with Gasteiger partial charge in [0.1, 0.15) is 11.6 Å². The van der Waals surface area contributed by atoms with Gasteiger partial charge in [-0.25, -0.2) is 4.98 Å². The summed E-state index contributed by atoms with van der Waals surface area (Å²) in [5.41, 5.74) is 0. The number of amides is 1. The van der Waals surface area contributed by atoms with Gasteiger partial charge in [-0.15, -0.1) is 0 Å². The molecule has 2 heterocycles. The summed E-state index contributed by atoms with van der Waals surface area (Å²) in [6, 6.07) is 3.83. The lowest BCUT2D eigenvalue weighted by Gasteiger charge is -2.15. The molecule has 1 amide bonds. The van der Waals surface area contributed by atoms with Crippen LogP contribution in [0, 0.1) is 0 Å². The van der Waals surface area contributed by atoms with Crippen molar-refractivity contribution in [2.24, 2.45) is 0 Å². The van der Waals surface area contributed by atoms with Gasteiger partial charge in [0.25, 0.3) is 5.91 Å². The summed E-state index contributed by atoms with van der Waals surface area (Å²) in [5, 5.41) is 3.40. The molecule has 22 heavy (non-hydrogen) atoms. The van der Waals surface area contributed by atoms with Gasteiger partial charge in [0.15, 0.2) is 5.76 Å². The summed E-state index contributed by atoms with van der Waals surface area (Å²) in [7, 11) is 3.42. The molecule has 2 aromatic rings. The molecule has 2 rings (SSSR count). The van der Waals surface area contributed by atoms with Gasteiger partial charge >= 0.3 is 0 Å². The molecular formula is C16H24N4O2. The topological polar surface area (TPSA) is 63.3 Å². The van der Waals surface area contributed by atoms with Crippen LogP contribution in [0.3, 0.4) is 0 Å². The standard InChI is InChI=1S/C16H24N4O2/c1-5-15-17-8-9-20(15)11-12(2)18-10-13-6-7-14(22-13)16(21)19(3)4/h6-9,12,18H,5,10-11H2,1-4H3/t12-/m0/s1. The van der Waals surface area contributed by atoms with Crippen LogP contribution in [0.2, 0.25) is 0 Å². The van der Waals surface area contributed by atoms with Crippen molar-refractivity contribution in [3.8, 4) is 0 Å². The highest BCUT2D eigenvalue weighted by Gasteiger charge is 2.13. The minimum atomic E-state index is -0.120. The second-order valence-electron chi connectivity index (χ2n) is 5.60. The molecule has 0 aliphatic carbocycles. The van der Waals surface area contributed by atoms with E-state index in [0.29, 0.717) is 12.3 Å². The summed E-state index contributed by atoms with van der Waals surface area (Å²) in [5.74, 6) is 2.10. The number of nitrogens with one attached hydrogen (secondary N) is 1. The van der Waals surface area contributed by atoms with E-state index in [1.54, 1.807) is 20.2 Å². The molecule has 0 spiro atoms. The normalized spacial score (nSPS) is 12.4. The van der Waals surface area contributed by atoms with E-state index in [9.17, 15) is 4.79 Å². The molecule has 0 aromatic carbocycles. The number of carbonyl (C=O) groups is 1. The molecule has 0 aliphatic heterocycles. The maximum Gasteiger partial charge on any atom is 0.289 e. The first kappa shape index (κ1) is 16.3. The van der Waals surface area contributed by atoms with Crippen LogP contribution in [0.4, 0.5) is 0 Å². The highest BCUT2D eigenvalue weighted by Crippen LogP contribution is 2.10. The summed E-state index contributed by atoms with van der Waals surface area (Å²) < 4.78 is 7.72. The zero-order valence-electron chi connectivity index (χ0n) is 13.7. The molecule has 120 valence electrons. The van der Waals surface area contributed by atoms with Crippen molar-refractivity contribution in [2.75, 3.05) is 14.1 Å². The fourth-order valence-electron chi connectivity index (χ4n) is 2.26. The number of carbonyl (C=O) groups excluding carboxylic acids is 1. The van der Waals surface area contributed by atoms with E-state index in [1.807, 2.05) is 18.5 Å². The Morgan fingerprint density at radius 1 is 1.45 bits per heavy atom. The number of aryl methyl sites for hydroxylation is 1. The minimum absolute atomic E-state index is 0.120. The first-order valence-electron chi connectivity index (χ1n) is 7.55. The van der Waals surface area contributed by atoms with Gasteiger partial charge in [0.05, 0.1) is 6.54 Å². The maximum atomic E-state index is 11.8. The lowest BCUT2D eigenvalue weighted by Crippen LogP contribution is -2.30. The van der Waals surface area contributed by atoms with Crippen molar-refractivity contribution >= 4 is 5.91 Å². The lowest BCUT2D eigenvalue weighted by atomic mass is 10.3. The van der Waals surface area contributed by atoms with Crippen LogP contribution < -0.4 is 5.32 Å². The Morgan fingerprint density at radius 3 is 2.91 bits per heavy atom. The third-order valence-corrected chi connectivity index (χ3v) is 3.49. The summed E-state index contributed by atoms with van der Waals surface area (Å²) in [4.78, 5) is 17.6. The predicted octanol–water partition coefficient (Wildman–Crippen LogP) is 1.92. The van der Waals surface area contributed by atoms with Gasteiger partial charge < -0.3 is 19.2 Å². The van der Waals surface area contributed by atoms with Crippen LogP contribution in [0.5, 0.6) is 0 Å². The zero-order chi connectivity index (χ0) is 16.1. The summed E-state index contributed by atoms with van der Waals surface area (Å²) in [6.07, 6.45) is 4.75. The van der Waals surface area contributed by atoms with Gasteiger partial charge in [-0.3, -0.25) is 4.79 Å². The molecule has 0 fully saturated rings. The number of furan rings is 1. The largest absolute Gasteiger partial charge is 0.455 e. The SMILES string of the molecule is CCc1nccn1C[C@H](C)NCc1ccc(C(=O)N(C)C)o1. The van der Waals surface area contributed by atoms with Crippen molar-refractivity contribution < 1.29 is 9.21 Å². The highest BCUT2D eigenvalue weighted by molar-refractivity contribution is 5.91. The Hall–Kier alpha value is -2.08. The molecule has 0 bridgehead atoms. The number of aromatic nitrogens is 2. The maximum absolute atomic E-state index is 11.8. The number of nitrogens with zero attached hydrogens (tertiary/aromatic N) is 3. The summed E-state index contributed by atoms with van der Waals surface area (Å²) >= 11 is 0. The fourth-order valence-corrected chi connectivity index (χ4v) is 2.26. The molecule has 0 saturated heterocycles. The van der Waals surface area contributed by atoms with Crippen LogP contribution in [0.15, 0.2) is 28.9 Å². The Morgan fingerprint density at radius 2 is 2.23 bits per heavy atom. The van der Waals surface area contributed by atoms with E-state index in [-0.39, 0.29) is 11.9 Å². The summed E-state index contributed by atoms with van der Waals surface area (Å²) in [6.45, 7) is 5.67. The van der Waals surface area contributed by atoms with E-state index in [1.165, 1.54) is 4.90 Å². The van der Waals surface area contributed by atoms with Crippen LogP contribution in [-0.4, -0.2) is 40.5 Å². The number of imidazole rings is 1. The van der Waals surface area contributed by atoms with Crippen molar-refractivity contribution in [1.82, 2.24) is 19.8 Å². The van der Waals surface area contributed by atoms with Crippen molar-refractivity contribution in [3.63, 3.8) is 0 Å². The van der Waals surface area contributed by atoms with Crippen molar-refractivity contribution in [1.29, 1.82) is 0 Å². The predicted molar refractivity (Wildman–Crippen MR) is 84.6 cm³/mol. The number of rotatable bonds is 7. The van der Waals surface area contributed by atoms with Crippen molar-refractivity contribution in [2.45, 2.75) is 39.4 Å². The van der Waals surface area contributed by atoms with Gasteiger partial charge in [-0.1, -0.05) is 6.92 Å². The second kappa shape index (κ2) is 7.26. The van der Waals surface area contributed by atoms with Gasteiger partial charge in [-0.2, -0.15) is 0 Å². The van der Waals surface area contributed by atoms with Crippen LogP contribution >= 0.6 is 0 Å². The number of hydrogen-bond acceptors (Lipinski definition) is 4. The Labute approximate surface area is 131 Å². The molecule has 1 N–H and O–H groups in total. The molecule has 2 aromatic heterocycles. The highest BCUT2D eigenvalue weighted by atomic mass is 16.4. The van der Waals surface area contributed by atoms with E-state index < -0.39 is 0 Å². The van der Waals surface area contributed by atoms with E-state index in [4.69, 9.17) is 4.42 Å². The third-order valence-electron chi connectivity index (χ3n) is 3.49. The quantitative estimate of drug-likeness (QED) is 0.849. The minimum Gasteiger partial charge on any atom is -0.455 e. The monoisotopic (exact) mass is 304 g/mol. The zero-order valence-corrected chi connectivity index (χ0v) is 13.7. The number of hydrogen-bond donors (Lipinski definition) is 1. The average Bonchev–Trinajstić information content (AvgIpc) is 3.12. The smallest absolute Gasteiger partial charge is 0.289 e. The molecule has 6 heteroatoms. The van der Waals surface area contributed by atoms with E-state index >= 15 is 0 Å². The van der Waals surface area contributed by atoms with Gasteiger partial charge in [-0.05, 0) is 19.1 Å². The Bertz CT molecular complexity index is 615. The first-order valence-corrected chi connectivity index (χ1v) is 7.55. The molecule has 1 atom stereocenters. The lowest BCUT2D eigenvalue weighted by molar-refractivity contribution is 0.0794. The molecule has 0 radical (unpaired) electrons. The molecule has 0 aliphatic rings. The average molecular weight is 304 g/mol. The van der Waals surface area contributed by atoms with E-state index in [2.05, 4.69) is 28.7 Å². The molecule has 6 nitrogen and oxygen atoms in total. The second-order valence-corrected chi connectivity index (χ2v) is 5.60. The first-order chi connectivity index (χ1) is 10.5. The molecule has 0 saturated carbocycles. The Kier molecular flexibility index (Phi) is 5.38. The van der Waals surface area contributed by atoms with E-state index in [0.717, 1.165) is 24.6 Å². The van der Waals surface area contributed by atoms with Crippen LogP contribution in [0.1, 0.15) is 36.0 Å². The van der Waals surface area contributed by atoms with Crippen LogP contribution in [0.25, 0.3) is 0 Å². The Balaban J connectivity index is 1.86. The molecular weight excluding hydrogens is 280 g/mol. The van der Waals surface area contributed by atoms with Gasteiger partial charge in [0.2, 0.25) is 0 Å². The van der Waals surface area contributed by atoms with Crippen molar-refractivity contribution in [3.05, 3.63) is 41.9 Å². The molecule has 0 unspecified atom stereocenters. The third kappa shape index (κ3) is 3.98.